The number of methoxy groups -OCH3 is 3. The zero-order chi connectivity index (χ0) is 16.1. The van der Waals surface area contributed by atoms with E-state index in [1.54, 1.807) is 50.6 Å². The Hall–Kier alpha value is -2.05. The third-order valence-corrected chi connectivity index (χ3v) is 4.74. The SMILES string of the molecule is COc1ccc(S(=O)c2ccc(OC)cc2OC)c(CO)c1. The van der Waals surface area contributed by atoms with Crippen LogP contribution in [0.15, 0.2) is 46.2 Å². The molecule has 118 valence electrons. The molecule has 0 aromatic heterocycles. The van der Waals surface area contributed by atoms with E-state index >= 15 is 0 Å². The Morgan fingerprint density at radius 2 is 1.50 bits per heavy atom. The van der Waals surface area contributed by atoms with Crippen LogP contribution in [0.1, 0.15) is 5.56 Å². The summed E-state index contributed by atoms with van der Waals surface area (Å²) in [5.41, 5.74) is 0.551. The van der Waals surface area contributed by atoms with Crippen LogP contribution in [0.5, 0.6) is 17.2 Å². The zero-order valence-corrected chi connectivity index (χ0v) is 13.5. The molecule has 0 radical (unpaired) electrons. The Morgan fingerprint density at radius 1 is 0.909 bits per heavy atom. The van der Waals surface area contributed by atoms with E-state index in [0.717, 1.165) is 0 Å². The highest BCUT2D eigenvalue weighted by atomic mass is 32.2. The molecule has 0 aliphatic heterocycles. The van der Waals surface area contributed by atoms with Gasteiger partial charge in [-0.25, -0.2) is 4.21 Å². The van der Waals surface area contributed by atoms with Crippen molar-refractivity contribution in [1.82, 2.24) is 0 Å². The molecule has 2 aromatic rings. The monoisotopic (exact) mass is 322 g/mol. The smallest absolute Gasteiger partial charge is 0.139 e. The van der Waals surface area contributed by atoms with E-state index in [9.17, 15) is 9.32 Å². The van der Waals surface area contributed by atoms with E-state index in [0.29, 0.717) is 32.6 Å². The largest absolute Gasteiger partial charge is 0.497 e. The fourth-order valence-electron chi connectivity index (χ4n) is 2.03. The first-order valence-electron chi connectivity index (χ1n) is 6.56. The summed E-state index contributed by atoms with van der Waals surface area (Å²) in [6, 6.07) is 10.2. The summed E-state index contributed by atoms with van der Waals surface area (Å²) in [6.07, 6.45) is 0. The van der Waals surface area contributed by atoms with Crippen molar-refractivity contribution in [2.24, 2.45) is 0 Å². The van der Waals surface area contributed by atoms with Crippen LogP contribution >= 0.6 is 0 Å². The molecule has 1 unspecified atom stereocenters. The molecule has 0 aliphatic rings. The van der Waals surface area contributed by atoms with Crippen LogP contribution in [0.4, 0.5) is 0 Å². The van der Waals surface area contributed by atoms with Crippen LogP contribution in [0, 0.1) is 0 Å². The van der Waals surface area contributed by atoms with Crippen molar-refractivity contribution in [1.29, 1.82) is 0 Å². The van der Waals surface area contributed by atoms with E-state index in [4.69, 9.17) is 14.2 Å². The van der Waals surface area contributed by atoms with Gasteiger partial charge in [0.25, 0.3) is 0 Å². The molecular formula is C16H18O5S. The molecule has 6 heteroatoms. The van der Waals surface area contributed by atoms with Gasteiger partial charge in [-0.2, -0.15) is 0 Å². The van der Waals surface area contributed by atoms with Crippen molar-refractivity contribution in [3.63, 3.8) is 0 Å². The lowest BCUT2D eigenvalue weighted by molar-refractivity contribution is 0.278. The van der Waals surface area contributed by atoms with Crippen molar-refractivity contribution in [2.75, 3.05) is 21.3 Å². The number of aliphatic hydroxyl groups is 1. The third kappa shape index (κ3) is 3.23. The summed E-state index contributed by atoms with van der Waals surface area (Å²) in [7, 11) is 3.12. The molecule has 22 heavy (non-hydrogen) atoms. The van der Waals surface area contributed by atoms with E-state index < -0.39 is 10.8 Å². The molecule has 0 amide bonds. The molecule has 0 fully saturated rings. The normalized spacial score (nSPS) is 11.8. The third-order valence-electron chi connectivity index (χ3n) is 3.21. The van der Waals surface area contributed by atoms with Crippen molar-refractivity contribution in [3.05, 3.63) is 42.0 Å². The maximum absolute atomic E-state index is 12.8. The average Bonchev–Trinajstić information content (AvgIpc) is 2.59. The first-order valence-corrected chi connectivity index (χ1v) is 7.71. The molecule has 2 rings (SSSR count). The number of aliphatic hydroxyl groups excluding tert-OH is 1. The summed E-state index contributed by atoms with van der Waals surface area (Å²) < 4.78 is 28.4. The summed E-state index contributed by atoms with van der Waals surface area (Å²) in [6.45, 7) is -0.225. The second-order valence-corrected chi connectivity index (χ2v) is 5.83. The standard InChI is InChI=1S/C16H18O5S/c1-19-12-4-6-15(11(8-12)10-17)22(18)16-7-5-13(20-2)9-14(16)21-3/h4-9,17H,10H2,1-3H3. The maximum Gasteiger partial charge on any atom is 0.139 e. The van der Waals surface area contributed by atoms with Crippen LogP contribution < -0.4 is 14.2 Å². The van der Waals surface area contributed by atoms with Crippen LogP contribution in [-0.4, -0.2) is 30.6 Å². The van der Waals surface area contributed by atoms with E-state index in [1.165, 1.54) is 7.11 Å². The van der Waals surface area contributed by atoms with Gasteiger partial charge in [-0.15, -0.1) is 0 Å². The van der Waals surface area contributed by atoms with Crippen LogP contribution in [0.25, 0.3) is 0 Å². The lowest BCUT2D eigenvalue weighted by atomic mass is 10.2. The fraction of sp³-hybridized carbons (Fsp3) is 0.250. The highest BCUT2D eigenvalue weighted by molar-refractivity contribution is 7.85. The lowest BCUT2D eigenvalue weighted by Crippen LogP contribution is -2.02. The minimum absolute atomic E-state index is 0.225. The average molecular weight is 322 g/mol. The van der Waals surface area contributed by atoms with Crippen LogP contribution in [-0.2, 0) is 17.4 Å². The van der Waals surface area contributed by atoms with Gasteiger partial charge in [0, 0.05) is 11.0 Å². The van der Waals surface area contributed by atoms with E-state index in [-0.39, 0.29) is 6.61 Å². The summed E-state index contributed by atoms with van der Waals surface area (Å²) in [5, 5.41) is 9.50. The van der Waals surface area contributed by atoms with Crippen molar-refractivity contribution in [3.8, 4) is 17.2 Å². The molecule has 5 nitrogen and oxygen atoms in total. The number of rotatable bonds is 6. The highest BCUT2D eigenvalue weighted by Gasteiger charge is 2.17. The molecule has 0 heterocycles. The first kappa shape index (κ1) is 16.3. The Kier molecular flexibility index (Phi) is 5.41. The molecular weight excluding hydrogens is 304 g/mol. The van der Waals surface area contributed by atoms with Gasteiger partial charge in [-0.3, -0.25) is 0 Å². The fourth-order valence-corrected chi connectivity index (χ4v) is 3.34. The van der Waals surface area contributed by atoms with Gasteiger partial charge in [0.15, 0.2) is 0 Å². The van der Waals surface area contributed by atoms with Gasteiger partial charge in [0.05, 0.1) is 43.6 Å². The molecule has 2 aromatic carbocycles. The quantitative estimate of drug-likeness (QED) is 0.884. The van der Waals surface area contributed by atoms with Gasteiger partial charge < -0.3 is 19.3 Å². The van der Waals surface area contributed by atoms with Crippen molar-refractivity contribution < 1.29 is 23.5 Å². The Morgan fingerprint density at radius 3 is 2.05 bits per heavy atom. The number of benzene rings is 2. The summed E-state index contributed by atoms with van der Waals surface area (Å²) >= 11 is 0. The van der Waals surface area contributed by atoms with Gasteiger partial charge in [-0.1, -0.05) is 0 Å². The molecule has 0 aliphatic carbocycles. The Bertz CT molecular complexity index is 627. The van der Waals surface area contributed by atoms with E-state index in [1.807, 2.05) is 0 Å². The molecule has 0 bridgehead atoms. The predicted octanol–water partition coefficient (Wildman–Crippen LogP) is 2.37. The highest BCUT2D eigenvalue weighted by Crippen LogP contribution is 2.32. The summed E-state index contributed by atoms with van der Waals surface area (Å²) in [4.78, 5) is 1.04. The molecule has 0 spiro atoms. The van der Waals surface area contributed by atoms with Gasteiger partial charge >= 0.3 is 0 Å². The van der Waals surface area contributed by atoms with Gasteiger partial charge in [0.2, 0.25) is 0 Å². The maximum atomic E-state index is 12.8. The summed E-state index contributed by atoms with van der Waals surface area (Å²) in [5.74, 6) is 1.69. The number of hydrogen-bond acceptors (Lipinski definition) is 5. The second-order valence-electron chi connectivity index (χ2n) is 4.42. The molecule has 0 saturated carbocycles. The van der Waals surface area contributed by atoms with Crippen LogP contribution in [0.3, 0.4) is 0 Å². The lowest BCUT2D eigenvalue weighted by Gasteiger charge is -2.13. The Labute approximate surface area is 131 Å². The van der Waals surface area contributed by atoms with Crippen molar-refractivity contribution >= 4 is 10.8 Å². The van der Waals surface area contributed by atoms with Crippen LogP contribution in [0.2, 0.25) is 0 Å². The number of ether oxygens (including phenoxy) is 3. The van der Waals surface area contributed by atoms with Gasteiger partial charge in [0.1, 0.15) is 17.2 Å². The molecule has 1 atom stereocenters. The Balaban J connectivity index is 2.48. The minimum Gasteiger partial charge on any atom is -0.497 e. The first-order chi connectivity index (χ1) is 10.6. The van der Waals surface area contributed by atoms with E-state index in [2.05, 4.69) is 0 Å². The molecule has 1 N–H and O–H groups in total. The topological polar surface area (TPSA) is 65.0 Å². The number of hydrogen-bond donors (Lipinski definition) is 1. The minimum atomic E-state index is -1.49. The molecule has 0 saturated heterocycles. The second kappa shape index (κ2) is 7.29. The van der Waals surface area contributed by atoms with Gasteiger partial charge in [-0.05, 0) is 35.9 Å². The van der Waals surface area contributed by atoms with Crippen molar-refractivity contribution in [2.45, 2.75) is 16.4 Å². The predicted molar refractivity (Wildman–Crippen MR) is 83.1 cm³/mol. The zero-order valence-electron chi connectivity index (χ0n) is 12.7.